The van der Waals surface area contributed by atoms with Gasteiger partial charge in [-0.3, -0.25) is 0 Å². The Hall–Kier alpha value is -5.66. The molecule has 0 N–H and O–H groups in total. The highest BCUT2D eigenvalue weighted by Gasteiger charge is 2.19. The molecule has 0 radical (unpaired) electrons. The maximum atomic E-state index is 9.65. The summed E-state index contributed by atoms with van der Waals surface area (Å²) in [5.74, 6) is 0. The molecule has 0 fully saturated rings. The van der Waals surface area contributed by atoms with Gasteiger partial charge in [0.15, 0.2) is 0 Å². The summed E-state index contributed by atoms with van der Waals surface area (Å²) in [6.45, 7) is 0. The topological polar surface area (TPSA) is 13.1 Å². The zero-order valence-corrected chi connectivity index (χ0v) is 22.4. The lowest BCUT2D eigenvalue weighted by Crippen LogP contribution is -1.91. The Kier molecular flexibility index (Phi) is 3.18. The first kappa shape index (κ1) is 14.5. The van der Waals surface area contributed by atoms with Gasteiger partial charge in [0.05, 0.1) is 17.8 Å². The largest absolute Gasteiger partial charge is 0.455 e. The number of rotatable bonds is 3. The van der Waals surface area contributed by atoms with E-state index in [9.17, 15) is 5.48 Å². The van der Waals surface area contributed by atoms with Crippen molar-refractivity contribution < 1.29 is 22.2 Å². The normalized spacial score (nSPS) is 16.0. The molecule has 0 unspecified atom stereocenters. The molecule has 0 aliphatic carbocycles. The van der Waals surface area contributed by atoms with Crippen molar-refractivity contribution >= 4 is 54.3 Å². The van der Waals surface area contributed by atoms with Gasteiger partial charge in [0.25, 0.3) is 0 Å². The lowest BCUT2D eigenvalue weighted by atomic mass is 9.84. The van der Waals surface area contributed by atoms with Gasteiger partial charge in [-0.1, -0.05) is 145 Å². The third-order valence-electron chi connectivity index (χ3n) is 7.87. The molecule has 1 aromatic heterocycles. The van der Waals surface area contributed by atoms with Gasteiger partial charge < -0.3 is 4.42 Å². The maximum Gasteiger partial charge on any atom is 0.143 e. The Morgan fingerprint density at radius 3 is 1.79 bits per heavy atom. The number of hydrogen-bond donors (Lipinski definition) is 0. The first-order valence-electron chi connectivity index (χ1n) is 20.2. The second-order valence-corrected chi connectivity index (χ2v) is 10.2. The van der Waals surface area contributed by atoms with E-state index in [1.807, 2.05) is 0 Å². The van der Waals surface area contributed by atoms with E-state index in [4.69, 9.17) is 16.8 Å². The van der Waals surface area contributed by atoms with Crippen molar-refractivity contribution in [1.82, 2.24) is 0 Å². The molecule has 8 aromatic carbocycles. The van der Waals surface area contributed by atoms with Crippen molar-refractivity contribution in [3.8, 4) is 33.4 Å². The molecule has 0 spiro atoms. The smallest absolute Gasteiger partial charge is 0.143 e. The van der Waals surface area contributed by atoms with Crippen molar-refractivity contribution in [3.63, 3.8) is 0 Å². The molecule has 200 valence electrons. The summed E-state index contributed by atoms with van der Waals surface area (Å²) in [5.41, 5.74) is 1.55. The molecule has 0 bridgehead atoms. The fourth-order valence-corrected chi connectivity index (χ4v) is 6.02. The number of benzene rings is 8. The first-order valence-corrected chi connectivity index (χ1v) is 13.7. The lowest BCUT2D eigenvalue weighted by Gasteiger charge is -2.18. The van der Waals surface area contributed by atoms with Gasteiger partial charge in [0, 0.05) is 16.3 Å². The first-order chi connectivity index (χ1) is 26.8. The van der Waals surface area contributed by atoms with Crippen LogP contribution in [0.1, 0.15) is 17.8 Å². The Morgan fingerprint density at radius 1 is 0.419 bits per heavy atom. The van der Waals surface area contributed by atoms with Gasteiger partial charge >= 0.3 is 0 Å². The van der Waals surface area contributed by atoms with Crippen LogP contribution < -0.4 is 0 Å². The van der Waals surface area contributed by atoms with Crippen molar-refractivity contribution in [1.29, 1.82) is 0 Å². The summed E-state index contributed by atoms with van der Waals surface area (Å²) in [6, 6.07) is 17.4. The minimum Gasteiger partial charge on any atom is -0.455 e. The van der Waals surface area contributed by atoms with E-state index < -0.39 is 42.3 Å². The van der Waals surface area contributed by atoms with Crippen LogP contribution in [0.4, 0.5) is 0 Å². The number of para-hydroxylation sites is 1. The second kappa shape index (κ2) is 9.44. The summed E-state index contributed by atoms with van der Waals surface area (Å²) in [6.07, 6.45) is 0. The van der Waals surface area contributed by atoms with E-state index in [0.717, 1.165) is 0 Å². The van der Waals surface area contributed by atoms with Crippen LogP contribution in [0.2, 0.25) is 0 Å². The van der Waals surface area contributed by atoms with Crippen molar-refractivity contribution in [3.05, 3.63) is 157 Å². The Morgan fingerprint density at radius 2 is 1.02 bits per heavy atom. The average Bonchev–Trinajstić information content (AvgIpc) is 3.61. The molecule has 1 heterocycles. The molecule has 9 rings (SSSR count). The van der Waals surface area contributed by atoms with Gasteiger partial charge in [-0.2, -0.15) is 0 Å². The summed E-state index contributed by atoms with van der Waals surface area (Å²) in [4.78, 5) is 0. The molecule has 43 heavy (non-hydrogen) atoms. The van der Waals surface area contributed by atoms with Crippen LogP contribution >= 0.6 is 0 Å². The Labute approximate surface area is 267 Å². The minimum atomic E-state index is -0.561. The predicted molar refractivity (Wildman–Crippen MR) is 183 cm³/mol. The Bertz CT molecular complexity index is 3160. The molecule has 0 aliphatic heterocycles. The van der Waals surface area contributed by atoms with E-state index >= 15 is 0 Å². The summed E-state index contributed by atoms with van der Waals surface area (Å²) in [5, 5.41) is 1.69. The maximum absolute atomic E-state index is 9.65. The molecular weight excluding hydrogens is 520 g/mol. The van der Waals surface area contributed by atoms with E-state index in [1.54, 1.807) is 78.9 Å². The van der Waals surface area contributed by atoms with E-state index in [0.29, 0.717) is 38.2 Å². The van der Waals surface area contributed by atoms with Crippen LogP contribution in [0.3, 0.4) is 0 Å². The lowest BCUT2D eigenvalue weighted by molar-refractivity contribution is 0.670. The average molecular weight is 560 g/mol. The third-order valence-corrected chi connectivity index (χ3v) is 7.87. The zero-order chi connectivity index (χ0) is 39.6. The minimum absolute atomic E-state index is 0.0116. The van der Waals surface area contributed by atoms with Crippen molar-refractivity contribution in [2.24, 2.45) is 0 Å². The van der Waals surface area contributed by atoms with Crippen molar-refractivity contribution in [2.75, 3.05) is 0 Å². The molecule has 0 aliphatic rings. The summed E-state index contributed by atoms with van der Waals surface area (Å²) < 4.78 is 122. The van der Waals surface area contributed by atoms with Crippen LogP contribution in [0.15, 0.2) is 162 Å². The van der Waals surface area contributed by atoms with Crippen LogP contribution in [-0.4, -0.2) is 0 Å². The number of fused-ring (bicyclic) bond motifs is 6. The highest BCUT2D eigenvalue weighted by molar-refractivity contribution is 6.24. The van der Waals surface area contributed by atoms with Gasteiger partial charge in [0.2, 0.25) is 0 Å². The number of furan rings is 1. The van der Waals surface area contributed by atoms with Crippen LogP contribution in [0.25, 0.3) is 87.6 Å². The van der Waals surface area contributed by atoms with E-state index in [1.165, 1.54) is 0 Å². The standard InChI is InChI=1S/C42H26O/c1-2-12-28(13-3-1)31-21-11-23-38-32-25-24-29(26-39(32)43-42(31)38)40-34-17-6-8-19-36(34)41(37-20-9-7-18-35(37)40)33-22-10-15-27-14-4-5-16-30(27)33/h1-26H/i4D,5D,10D,11D,14D,15D,16D,21D,22D,23D,24D,25D,26D. The van der Waals surface area contributed by atoms with E-state index in [2.05, 4.69) is 0 Å². The molecule has 0 atom stereocenters. The molecule has 0 amide bonds. The number of hydrogen-bond acceptors (Lipinski definition) is 1. The molecule has 1 nitrogen and oxygen atoms in total. The molecule has 9 aromatic rings. The second-order valence-electron chi connectivity index (χ2n) is 10.2. The third kappa shape index (κ3) is 3.65. The van der Waals surface area contributed by atoms with Crippen LogP contribution in [-0.2, 0) is 0 Å². The highest BCUT2D eigenvalue weighted by atomic mass is 16.3. The zero-order valence-electron chi connectivity index (χ0n) is 35.4. The summed E-state index contributed by atoms with van der Waals surface area (Å²) >= 11 is 0. The molecule has 1 heteroatoms. The Balaban J connectivity index is 1.46. The highest BCUT2D eigenvalue weighted by Crippen LogP contribution is 2.46. The molecule has 0 saturated heterocycles. The van der Waals surface area contributed by atoms with E-state index in [-0.39, 0.29) is 85.7 Å². The van der Waals surface area contributed by atoms with Gasteiger partial charge in [-0.05, 0) is 72.2 Å². The fraction of sp³-hybridized carbons (Fsp3) is 0. The van der Waals surface area contributed by atoms with Gasteiger partial charge in [-0.25, -0.2) is 0 Å². The van der Waals surface area contributed by atoms with Crippen LogP contribution in [0, 0.1) is 0 Å². The van der Waals surface area contributed by atoms with Gasteiger partial charge in [0.1, 0.15) is 11.2 Å². The van der Waals surface area contributed by atoms with Crippen LogP contribution in [0.5, 0.6) is 0 Å². The SMILES string of the molecule is [2H]c1c([2H])c([2H])c2c(oc3c([2H])c(-c4c5ccccc5c(-c5c([2H])c([2H])c([2H])c6c([2H])c([2H])c([2H])c([2H])c56)c5ccccc45)c([2H])c([2H])c32)c1-c1ccccc1. The quantitative estimate of drug-likeness (QED) is 0.196. The fourth-order valence-electron chi connectivity index (χ4n) is 6.02. The summed E-state index contributed by atoms with van der Waals surface area (Å²) in [7, 11) is 0. The van der Waals surface area contributed by atoms with Crippen molar-refractivity contribution in [2.45, 2.75) is 0 Å². The monoisotopic (exact) mass is 559 g/mol. The predicted octanol–water partition coefficient (Wildman–Crippen LogP) is 12.0. The van der Waals surface area contributed by atoms with Gasteiger partial charge in [-0.15, -0.1) is 0 Å². The molecule has 0 saturated carbocycles. The molecular formula is C42H26O.